The number of ether oxygens (including phenoxy) is 1. The molecule has 0 amide bonds. The van der Waals surface area contributed by atoms with Crippen molar-refractivity contribution in [1.29, 1.82) is 0 Å². The van der Waals surface area contributed by atoms with Gasteiger partial charge in [0.2, 0.25) is 0 Å². The van der Waals surface area contributed by atoms with Gasteiger partial charge in [0.05, 0.1) is 6.61 Å². The molecule has 12 heavy (non-hydrogen) atoms. The maximum atomic E-state index is 11.5. The van der Waals surface area contributed by atoms with Crippen molar-refractivity contribution in [2.75, 3.05) is 18.1 Å². The molecule has 0 spiro atoms. The second-order valence-electron chi connectivity index (χ2n) is 3.55. The fraction of sp³-hybridized carbons (Fsp3) is 0.889. The van der Waals surface area contributed by atoms with Crippen LogP contribution in [-0.4, -0.2) is 30.0 Å². The van der Waals surface area contributed by atoms with E-state index in [9.17, 15) is 4.79 Å². The molecule has 3 heteroatoms. The Balaban J connectivity index is 1.76. The maximum Gasteiger partial charge on any atom is 0.162 e. The van der Waals surface area contributed by atoms with Gasteiger partial charge >= 0.3 is 0 Å². The fourth-order valence-electron chi connectivity index (χ4n) is 1.41. The van der Waals surface area contributed by atoms with E-state index in [1.807, 2.05) is 11.8 Å². The summed E-state index contributed by atoms with van der Waals surface area (Å²) in [6.45, 7) is 0.756. The second-order valence-corrected chi connectivity index (χ2v) is 4.70. The Morgan fingerprint density at radius 2 is 2.33 bits per heavy atom. The van der Waals surface area contributed by atoms with E-state index in [1.165, 1.54) is 12.8 Å². The molecule has 68 valence electrons. The van der Waals surface area contributed by atoms with Gasteiger partial charge in [-0.2, -0.15) is 11.8 Å². The third-order valence-electron chi connectivity index (χ3n) is 2.36. The molecule has 2 rings (SSSR count). The van der Waals surface area contributed by atoms with Crippen molar-refractivity contribution in [2.24, 2.45) is 5.92 Å². The van der Waals surface area contributed by atoms with Crippen molar-refractivity contribution < 1.29 is 9.53 Å². The van der Waals surface area contributed by atoms with Crippen molar-refractivity contribution in [3.63, 3.8) is 0 Å². The van der Waals surface area contributed by atoms with E-state index in [0.717, 1.165) is 24.5 Å². The van der Waals surface area contributed by atoms with Crippen LogP contribution in [0.3, 0.4) is 0 Å². The van der Waals surface area contributed by atoms with E-state index < -0.39 is 0 Å². The third-order valence-corrected chi connectivity index (χ3v) is 3.36. The Hall–Kier alpha value is -0.0200. The molecule has 1 aliphatic carbocycles. The number of hydrogen-bond acceptors (Lipinski definition) is 3. The van der Waals surface area contributed by atoms with Crippen molar-refractivity contribution in [1.82, 2.24) is 0 Å². The van der Waals surface area contributed by atoms with E-state index in [2.05, 4.69) is 0 Å². The normalized spacial score (nSPS) is 30.2. The smallest absolute Gasteiger partial charge is 0.162 e. The predicted octanol–water partition coefficient (Wildman–Crippen LogP) is 1.49. The van der Waals surface area contributed by atoms with Gasteiger partial charge in [-0.3, -0.25) is 4.79 Å². The Kier molecular flexibility index (Phi) is 2.71. The van der Waals surface area contributed by atoms with Gasteiger partial charge in [-0.05, 0) is 18.8 Å². The molecule has 0 radical (unpaired) electrons. The van der Waals surface area contributed by atoms with Gasteiger partial charge in [-0.25, -0.2) is 0 Å². The summed E-state index contributed by atoms with van der Waals surface area (Å²) in [5.41, 5.74) is 0. The SMILES string of the molecule is O=C(CC1CC1)C1CSCCO1. The molecule has 2 nitrogen and oxygen atoms in total. The molecule has 1 saturated carbocycles. The zero-order chi connectivity index (χ0) is 8.39. The zero-order valence-corrected chi connectivity index (χ0v) is 7.94. The monoisotopic (exact) mass is 186 g/mol. The minimum atomic E-state index is -0.0793. The van der Waals surface area contributed by atoms with E-state index in [4.69, 9.17) is 4.74 Å². The van der Waals surface area contributed by atoms with E-state index in [-0.39, 0.29) is 6.10 Å². The Morgan fingerprint density at radius 1 is 1.50 bits per heavy atom. The lowest BCUT2D eigenvalue weighted by Crippen LogP contribution is -2.31. The van der Waals surface area contributed by atoms with Gasteiger partial charge < -0.3 is 4.74 Å². The number of rotatable bonds is 3. The van der Waals surface area contributed by atoms with Crippen LogP contribution in [0.25, 0.3) is 0 Å². The van der Waals surface area contributed by atoms with Crippen molar-refractivity contribution in [3.05, 3.63) is 0 Å². The highest BCUT2D eigenvalue weighted by Gasteiger charge is 2.29. The van der Waals surface area contributed by atoms with Crippen molar-refractivity contribution in [2.45, 2.75) is 25.4 Å². The number of Topliss-reactive ketones (excluding diaryl/α,β-unsaturated/α-hetero) is 1. The molecule has 0 aromatic carbocycles. The molecule has 0 aromatic heterocycles. The lowest BCUT2D eigenvalue weighted by molar-refractivity contribution is -0.129. The van der Waals surface area contributed by atoms with Crippen molar-refractivity contribution in [3.8, 4) is 0 Å². The van der Waals surface area contributed by atoms with Crippen LogP contribution in [0.1, 0.15) is 19.3 Å². The van der Waals surface area contributed by atoms with Gasteiger partial charge in [0.15, 0.2) is 5.78 Å². The summed E-state index contributed by atoms with van der Waals surface area (Å²) in [4.78, 5) is 11.5. The summed E-state index contributed by atoms with van der Waals surface area (Å²) < 4.78 is 5.40. The second kappa shape index (κ2) is 3.79. The average Bonchev–Trinajstić information content (AvgIpc) is 2.90. The highest BCUT2D eigenvalue weighted by atomic mass is 32.2. The van der Waals surface area contributed by atoms with Gasteiger partial charge in [0, 0.05) is 17.9 Å². The van der Waals surface area contributed by atoms with E-state index >= 15 is 0 Å². The number of thioether (sulfide) groups is 1. The van der Waals surface area contributed by atoms with Gasteiger partial charge in [-0.15, -0.1) is 0 Å². The lowest BCUT2D eigenvalue weighted by Gasteiger charge is -2.20. The van der Waals surface area contributed by atoms with Crippen LogP contribution < -0.4 is 0 Å². The summed E-state index contributed by atoms with van der Waals surface area (Å²) in [6, 6.07) is 0. The minimum Gasteiger partial charge on any atom is -0.369 e. The highest BCUT2D eigenvalue weighted by molar-refractivity contribution is 7.99. The van der Waals surface area contributed by atoms with Crippen LogP contribution >= 0.6 is 11.8 Å². The molecule has 1 unspecified atom stereocenters. The number of carbonyl (C=O) groups excluding carboxylic acids is 1. The average molecular weight is 186 g/mol. The first-order valence-corrected chi connectivity index (χ1v) is 5.74. The quantitative estimate of drug-likeness (QED) is 0.668. The Bertz CT molecular complexity index is 171. The van der Waals surface area contributed by atoms with Crippen LogP contribution in [0, 0.1) is 5.92 Å². The summed E-state index contributed by atoms with van der Waals surface area (Å²) >= 11 is 1.83. The molecule has 1 saturated heterocycles. The zero-order valence-electron chi connectivity index (χ0n) is 7.12. The molecule has 1 heterocycles. The molecule has 0 aromatic rings. The molecule has 2 aliphatic rings. The molecular weight excluding hydrogens is 172 g/mol. The summed E-state index contributed by atoms with van der Waals surface area (Å²) in [6.07, 6.45) is 3.20. The first kappa shape index (κ1) is 8.57. The van der Waals surface area contributed by atoms with Gasteiger partial charge in [-0.1, -0.05) is 0 Å². The number of carbonyl (C=O) groups is 1. The Morgan fingerprint density at radius 3 is 2.92 bits per heavy atom. The topological polar surface area (TPSA) is 26.3 Å². The molecular formula is C9H14O2S. The van der Waals surface area contributed by atoms with Crippen LogP contribution in [0.15, 0.2) is 0 Å². The van der Waals surface area contributed by atoms with Gasteiger partial charge in [0.1, 0.15) is 6.10 Å². The Labute approximate surface area is 77.0 Å². The van der Waals surface area contributed by atoms with Gasteiger partial charge in [0.25, 0.3) is 0 Å². The predicted molar refractivity (Wildman–Crippen MR) is 49.4 cm³/mol. The van der Waals surface area contributed by atoms with Crippen LogP contribution in [-0.2, 0) is 9.53 Å². The van der Waals surface area contributed by atoms with E-state index in [0.29, 0.717) is 11.7 Å². The fourth-order valence-corrected chi connectivity index (χ4v) is 2.29. The lowest BCUT2D eigenvalue weighted by atomic mass is 10.1. The summed E-state index contributed by atoms with van der Waals surface area (Å²) in [5.74, 6) is 2.97. The van der Waals surface area contributed by atoms with Crippen LogP contribution in [0.2, 0.25) is 0 Å². The first-order valence-electron chi connectivity index (χ1n) is 4.58. The van der Waals surface area contributed by atoms with Crippen LogP contribution in [0.4, 0.5) is 0 Å². The molecule has 2 fully saturated rings. The summed E-state index contributed by atoms with van der Waals surface area (Å²) in [7, 11) is 0. The van der Waals surface area contributed by atoms with Crippen LogP contribution in [0.5, 0.6) is 0 Å². The molecule has 1 aliphatic heterocycles. The number of hydrogen-bond donors (Lipinski definition) is 0. The van der Waals surface area contributed by atoms with Crippen molar-refractivity contribution >= 4 is 17.5 Å². The molecule has 1 atom stereocenters. The maximum absolute atomic E-state index is 11.5. The summed E-state index contributed by atoms with van der Waals surface area (Å²) in [5, 5.41) is 0. The third kappa shape index (κ3) is 2.23. The molecule has 0 N–H and O–H groups in total. The highest BCUT2D eigenvalue weighted by Crippen LogP contribution is 2.33. The van der Waals surface area contributed by atoms with E-state index in [1.54, 1.807) is 0 Å². The largest absolute Gasteiger partial charge is 0.369 e. The molecule has 0 bridgehead atoms. The number of ketones is 1. The standard InChI is InChI=1S/C9H14O2S/c10-8(5-7-1-2-7)9-6-12-4-3-11-9/h7,9H,1-6H2. The minimum absolute atomic E-state index is 0.0793. The first-order chi connectivity index (χ1) is 5.86.